The van der Waals surface area contributed by atoms with Gasteiger partial charge in [-0.05, 0) is 62.9 Å². The van der Waals surface area contributed by atoms with Gasteiger partial charge in [-0.3, -0.25) is 4.79 Å². The summed E-state index contributed by atoms with van der Waals surface area (Å²) >= 11 is 0. The maximum absolute atomic E-state index is 13.4. The number of methoxy groups -OCH3 is 1. The molecule has 1 saturated carbocycles. The van der Waals surface area contributed by atoms with Crippen LogP contribution < -0.4 is 14.4 Å². The van der Waals surface area contributed by atoms with Crippen LogP contribution in [0.3, 0.4) is 0 Å². The standard InChI is InChI=1S/C24H32N2O4S/c1-17(2)26(20-11-6-5-7-12-20)24(27)19-14-15-22(30-4)23(16-19)31(28,29)25-21-13-9-8-10-18(21)3/h5-7,11-12,14-18,21,25H,8-10,13H2,1-4H3. The number of ether oxygens (including phenoxy) is 1. The summed E-state index contributed by atoms with van der Waals surface area (Å²) in [5, 5.41) is 0. The van der Waals surface area contributed by atoms with Crippen LogP contribution in [0.1, 0.15) is 56.8 Å². The molecular weight excluding hydrogens is 412 g/mol. The number of nitrogens with one attached hydrogen (secondary N) is 1. The molecule has 1 aliphatic rings. The van der Waals surface area contributed by atoms with Crippen LogP contribution in [-0.2, 0) is 10.0 Å². The molecule has 1 fully saturated rings. The van der Waals surface area contributed by atoms with E-state index in [2.05, 4.69) is 11.6 Å². The Bertz CT molecular complexity index is 1010. The number of carbonyl (C=O) groups is 1. The van der Waals surface area contributed by atoms with E-state index in [4.69, 9.17) is 4.74 Å². The van der Waals surface area contributed by atoms with Crippen molar-refractivity contribution in [3.05, 3.63) is 54.1 Å². The molecule has 2 unspecified atom stereocenters. The first kappa shape index (κ1) is 23.3. The van der Waals surface area contributed by atoms with Gasteiger partial charge in [0.1, 0.15) is 10.6 Å². The molecule has 31 heavy (non-hydrogen) atoms. The number of amides is 1. The molecule has 7 heteroatoms. The smallest absolute Gasteiger partial charge is 0.258 e. The molecule has 0 aliphatic heterocycles. The highest BCUT2D eigenvalue weighted by atomic mass is 32.2. The van der Waals surface area contributed by atoms with Crippen LogP contribution >= 0.6 is 0 Å². The summed E-state index contributed by atoms with van der Waals surface area (Å²) in [4.78, 5) is 15.0. The molecule has 2 atom stereocenters. The van der Waals surface area contributed by atoms with E-state index in [0.717, 1.165) is 31.4 Å². The molecule has 1 aliphatic carbocycles. The van der Waals surface area contributed by atoms with Gasteiger partial charge in [0, 0.05) is 23.3 Å². The fraction of sp³-hybridized carbons (Fsp3) is 0.458. The van der Waals surface area contributed by atoms with Gasteiger partial charge in [0.05, 0.1) is 7.11 Å². The topological polar surface area (TPSA) is 75.7 Å². The van der Waals surface area contributed by atoms with E-state index in [1.54, 1.807) is 17.0 Å². The Balaban J connectivity index is 1.97. The van der Waals surface area contributed by atoms with Crippen LogP contribution in [-0.4, -0.2) is 33.5 Å². The lowest BCUT2D eigenvalue weighted by atomic mass is 9.87. The van der Waals surface area contributed by atoms with Gasteiger partial charge in [-0.1, -0.05) is 38.0 Å². The Labute approximate surface area is 185 Å². The molecule has 0 aromatic heterocycles. The van der Waals surface area contributed by atoms with Crippen molar-refractivity contribution in [2.45, 2.75) is 63.4 Å². The van der Waals surface area contributed by atoms with Crippen molar-refractivity contribution in [2.24, 2.45) is 5.92 Å². The normalized spacial score (nSPS) is 19.3. The van der Waals surface area contributed by atoms with Crippen LogP contribution in [0.15, 0.2) is 53.4 Å². The van der Waals surface area contributed by atoms with Crippen LogP contribution in [0.2, 0.25) is 0 Å². The highest BCUT2D eigenvalue weighted by molar-refractivity contribution is 7.89. The van der Waals surface area contributed by atoms with Gasteiger partial charge >= 0.3 is 0 Å². The molecule has 0 heterocycles. The lowest BCUT2D eigenvalue weighted by molar-refractivity contribution is 0.0980. The number of sulfonamides is 1. The average molecular weight is 445 g/mol. The second-order valence-corrected chi connectivity index (χ2v) is 10.1. The Morgan fingerprint density at radius 2 is 1.77 bits per heavy atom. The summed E-state index contributed by atoms with van der Waals surface area (Å²) in [6, 6.07) is 13.7. The number of anilines is 1. The fourth-order valence-electron chi connectivity index (χ4n) is 4.15. The molecule has 0 spiro atoms. The van der Waals surface area contributed by atoms with Crippen LogP contribution in [0.5, 0.6) is 5.75 Å². The third-order valence-corrected chi connectivity index (χ3v) is 7.40. The minimum atomic E-state index is -3.85. The second kappa shape index (κ2) is 9.83. The van der Waals surface area contributed by atoms with Gasteiger partial charge in [0.2, 0.25) is 10.0 Å². The van der Waals surface area contributed by atoms with E-state index in [-0.39, 0.29) is 34.6 Å². The van der Waals surface area contributed by atoms with Crippen molar-refractivity contribution in [3.8, 4) is 5.75 Å². The summed E-state index contributed by atoms with van der Waals surface area (Å²) in [5.41, 5.74) is 1.06. The van der Waals surface area contributed by atoms with Crippen molar-refractivity contribution in [1.29, 1.82) is 0 Å². The number of carbonyl (C=O) groups excluding carboxylic acids is 1. The number of para-hydroxylation sites is 1. The number of nitrogens with zero attached hydrogens (tertiary/aromatic N) is 1. The monoisotopic (exact) mass is 444 g/mol. The van der Waals surface area contributed by atoms with E-state index in [0.29, 0.717) is 5.56 Å². The molecule has 2 aromatic rings. The van der Waals surface area contributed by atoms with E-state index < -0.39 is 10.0 Å². The molecule has 0 radical (unpaired) electrons. The van der Waals surface area contributed by atoms with Gasteiger partial charge in [-0.2, -0.15) is 0 Å². The zero-order chi connectivity index (χ0) is 22.6. The maximum atomic E-state index is 13.4. The molecule has 0 bridgehead atoms. The van der Waals surface area contributed by atoms with Gasteiger partial charge in [-0.25, -0.2) is 13.1 Å². The minimum absolute atomic E-state index is 0.00427. The van der Waals surface area contributed by atoms with E-state index in [9.17, 15) is 13.2 Å². The molecule has 1 N–H and O–H groups in total. The summed E-state index contributed by atoms with van der Waals surface area (Å²) in [7, 11) is -2.41. The van der Waals surface area contributed by atoms with Gasteiger partial charge in [-0.15, -0.1) is 0 Å². The second-order valence-electron chi connectivity index (χ2n) is 8.46. The molecule has 0 saturated heterocycles. The van der Waals surface area contributed by atoms with Crippen LogP contribution in [0.25, 0.3) is 0 Å². The van der Waals surface area contributed by atoms with E-state index in [1.165, 1.54) is 13.2 Å². The zero-order valence-electron chi connectivity index (χ0n) is 18.7. The van der Waals surface area contributed by atoms with E-state index >= 15 is 0 Å². The fourth-order valence-corrected chi connectivity index (χ4v) is 5.73. The summed E-state index contributed by atoms with van der Waals surface area (Å²) < 4.78 is 34.7. The Kier molecular flexibility index (Phi) is 7.38. The predicted molar refractivity (Wildman–Crippen MR) is 123 cm³/mol. The first-order valence-corrected chi connectivity index (χ1v) is 12.3. The highest BCUT2D eigenvalue weighted by Crippen LogP contribution is 2.30. The molecule has 1 amide bonds. The van der Waals surface area contributed by atoms with Crippen molar-refractivity contribution < 1.29 is 17.9 Å². The van der Waals surface area contributed by atoms with Crippen molar-refractivity contribution >= 4 is 21.6 Å². The largest absolute Gasteiger partial charge is 0.495 e. The summed E-state index contributed by atoms with van der Waals surface area (Å²) in [6.07, 6.45) is 3.95. The third kappa shape index (κ3) is 5.28. The lowest BCUT2D eigenvalue weighted by Crippen LogP contribution is -2.41. The summed E-state index contributed by atoms with van der Waals surface area (Å²) in [5.74, 6) is 0.239. The van der Waals surface area contributed by atoms with Gasteiger partial charge in [0.25, 0.3) is 5.91 Å². The molecule has 6 nitrogen and oxygen atoms in total. The zero-order valence-corrected chi connectivity index (χ0v) is 19.5. The molecule has 168 valence electrons. The molecule has 2 aromatic carbocycles. The minimum Gasteiger partial charge on any atom is -0.495 e. The first-order valence-electron chi connectivity index (χ1n) is 10.8. The van der Waals surface area contributed by atoms with Crippen LogP contribution in [0, 0.1) is 5.92 Å². The van der Waals surface area contributed by atoms with Crippen molar-refractivity contribution in [2.75, 3.05) is 12.0 Å². The molecular formula is C24H32N2O4S. The van der Waals surface area contributed by atoms with Gasteiger partial charge in [0.15, 0.2) is 0 Å². The maximum Gasteiger partial charge on any atom is 0.258 e. The van der Waals surface area contributed by atoms with Crippen molar-refractivity contribution in [3.63, 3.8) is 0 Å². The first-order chi connectivity index (χ1) is 14.7. The Morgan fingerprint density at radius 3 is 2.39 bits per heavy atom. The number of rotatable bonds is 7. The Morgan fingerprint density at radius 1 is 1.10 bits per heavy atom. The number of hydrogen-bond acceptors (Lipinski definition) is 4. The Hall–Kier alpha value is -2.38. The van der Waals surface area contributed by atoms with Gasteiger partial charge < -0.3 is 9.64 Å². The molecule has 3 rings (SSSR count). The highest BCUT2D eigenvalue weighted by Gasteiger charge is 2.30. The van der Waals surface area contributed by atoms with Crippen LogP contribution in [0.4, 0.5) is 5.69 Å². The quantitative estimate of drug-likeness (QED) is 0.677. The number of benzene rings is 2. The van der Waals surface area contributed by atoms with E-state index in [1.807, 2.05) is 44.2 Å². The lowest BCUT2D eigenvalue weighted by Gasteiger charge is -2.29. The van der Waals surface area contributed by atoms with Crippen molar-refractivity contribution in [1.82, 2.24) is 4.72 Å². The third-order valence-electron chi connectivity index (χ3n) is 5.89. The average Bonchev–Trinajstić information content (AvgIpc) is 2.75. The number of hydrogen-bond donors (Lipinski definition) is 1. The SMILES string of the molecule is COc1ccc(C(=O)N(c2ccccc2)C(C)C)cc1S(=O)(=O)NC1CCCCC1C. The predicted octanol–water partition coefficient (Wildman–Crippen LogP) is 4.61. The summed E-state index contributed by atoms with van der Waals surface area (Å²) in [6.45, 7) is 5.93.